The van der Waals surface area contributed by atoms with Crippen molar-refractivity contribution < 1.29 is 13.2 Å². The van der Waals surface area contributed by atoms with Gasteiger partial charge < -0.3 is 5.32 Å². The van der Waals surface area contributed by atoms with Gasteiger partial charge in [0.2, 0.25) is 0 Å². The van der Waals surface area contributed by atoms with Gasteiger partial charge in [0.25, 0.3) is 0 Å². The summed E-state index contributed by atoms with van der Waals surface area (Å²) in [5, 5.41) is 2.86. The molecule has 1 fully saturated rings. The minimum atomic E-state index is -1.77. The molecule has 0 saturated carbocycles. The Balaban J connectivity index is 2.39. The summed E-state index contributed by atoms with van der Waals surface area (Å²) in [6.07, 6.45) is 0.868. The predicted octanol–water partition coefficient (Wildman–Crippen LogP) is 2.51. The number of halogens is 3. The Bertz CT molecular complexity index is 359. The molecule has 0 radical (unpaired) electrons. The highest BCUT2D eigenvalue weighted by Crippen LogP contribution is 2.34. The number of piperidine rings is 1. The van der Waals surface area contributed by atoms with Crippen molar-refractivity contribution in [2.24, 2.45) is 0 Å². The maximum absolute atomic E-state index is 14.3. The first-order valence-corrected chi connectivity index (χ1v) is 4.98. The molecule has 1 atom stereocenters. The van der Waals surface area contributed by atoms with E-state index in [1.807, 2.05) is 0 Å². The van der Waals surface area contributed by atoms with E-state index in [0.29, 0.717) is 6.42 Å². The van der Waals surface area contributed by atoms with Crippen LogP contribution in [0.25, 0.3) is 0 Å². The molecule has 1 aromatic carbocycles. The Labute approximate surface area is 86.3 Å². The van der Waals surface area contributed by atoms with Crippen LogP contribution < -0.4 is 5.32 Å². The van der Waals surface area contributed by atoms with Crippen molar-refractivity contribution in [2.75, 3.05) is 13.1 Å². The van der Waals surface area contributed by atoms with Gasteiger partial charge in [-0.2, -0.15) is 0 Å². The molecule has 1 unspecified atom stereocenters. The van der Waals surface area contributed by atoms with Crippen LogP contribution in [-0.4, -0.2) is 13.1 Å². The average molecular weight is 215 g/mol. The minimum Gasteiger partial charge on any atom is -0.313 e. The maximum atomic E-state index is 14.3. The quantitative estimate of drug-likeness (QED) is 0.759. The van der Waals surface area contributed by atoms with Gasteiger partial charge in [0.05, 0.1) is 0 Å². The summed E-state index contributed by atoms with van der Waals surface area (Å²) in [6.45, 7) is 0.774. The second-order valence-electron chi connectivity index (χ2n) is 3.85. The second kappa shape index (κ2) is 3.85. The fourth-order valence-corrected chi connectivity index (χ4v) is 1.95. The van der Waals surface area contributed by atoms with Gasteiger partial charge in [-0.15, -0.1) is 0 Å². The van der Waals surface area contributed by atoms with Crippen molar-refractivity contribution in [3.05, 3.63) is 35.4 Å². The van der Waals surface area contributed by atoms with E-state index in [9.17, 15) is 13.2 Å². The predicted molar refractivity (Wildman–Crippen MR) is 51.2 cm³/mol. The van der Waals surface area contributed by atoms with Gasteiger partial charge in [-0.1, -0.05) is 12.1 Å². The van der Waals surface area contributed by atoms with Crippen molar-refractivity contribution in [1.82, 2.24) is 5.32 Å². The Morgan fingerprint density at radius 1 is 1.27 bits per heavy atom. The monoisotopic (exact) mass is 215 g/mol. The molecule has 1 aromatic rings. The average Bonchev–Trinajstić information content (AvgIpc) is 2.23. The van der Waals surface area contributed by atoms with Crippen molar-refractivity contribution in [2.45, 2.75) is 18.5 Å². The number of hydrogen-bond donors (Lipinski definition) is 1. The molecule has 0 aromatic heterocycles. The van der Waals surface area contributed by atoms with E-state index in [1.54, 1.807) is 0 Å². The van der Waals surface area contributed by atoms with Crippen LogP contribution in [0.15, 0.2) is 18.2 Å². The van der Waals surface area contributed by atoms with Crippen LogP contribution in [0.3, 0.4) is 0 Å². The summed E-state index contributed by atoms with van der Waals surface area (Å²) in [5.74, 6) is -2.06. The van der Waals surface area contributed by atoms with Crippen LogP contribution >= 0.6 is 0 Å². The third-order valence-electron chi connectivity index (χ3n) is 2.77. The van der Waals surface area contributed by atoms with Gasteiger partial charge in [0.1, 0.15) is 0 Å². The van der Waals surface area contributed by atoms with Crippen LogP contribution in [-0.2, 0) is 5.67 Å². The van der Waals surface area contributed by atoms with Crippen molar-refractivity contribution >= 4 is 0 Å². The summed E-state index contributed by atoms with van der Waals surface area (Å²) in [7, 11) is 0. The lowest BCUT2D eigenvalue weighted by Gasteiger charge is -2.30. The van der Waals surface area contributed by atoms with E-state index in [2.05, 4.69) is 5.32 Å². The third-order valence-corrected chi connectivity index (χ3v) is 2.77. The van der Waals surface area contributed by atoms with Gasteiger partial charge in [0.15, 0.2) is 17.3 Å². The first-order chi connectivity index (χ1) is 7.13. The molecule has 0 spiro atoms. The molecule has 1 heterocycles. The molecule has 4 heteroatoms. The standard InChI is InChI=1S/C11H12F3N/c12-9-4-1-3-8(10(9)13)11(14)5-2-6-15-7-11/h1,3-4,15H,2,5-7H2. The van der Waals surface area contributed by atoms with Crippen LogP contribution in [0.2, 0.25) is 0 Å². The smallest absolute Gasteiger partial charge is 0.165 e. The van der Waals surface area contributed by atoms with Gasteiger partial charge in [-0.3, -0.25) is 0 Å². The fourth-order valence-electron chi connectivity index (χ4n) is 1.95. The van der Waals surface area contributed by atoms with Crippen LogP contribution in [0, 0.1) is 11.6 Å². The van der Waals surface area contributed by atoms with Crippen LogP contribution in [0.5, 0.6) is 0 Å². The Hall–Kier alpha value is -1.03. The lowest BCUT2D eigenvalue weighted by atomic mass is 9.88. The van der Waals surface area contributed by atoms with E-state index in [0.717, 1.165) is 12.6 Å². The molecule has 1 nitrogen and oxygen atoms in total. The zero-order valence-electron chi connectivity index (χ0n) is 8.19. The molecule has 1 saturated heterocycles. The highest BCUT2D eigenvalue weighted by Gasteiger charge is 2.36. The Morgan fingerprint density at radius 3 is 2.73 bits per heavy atom. The molecule has 0 amide bonds. The third kappa shape index (κ3) is 1.86. The SMILES string of the molecule is Fc1cccc(C2(F)CCCNC2)c1F. The second-order valence-corrected chi connectivity index (χ2v) is 3.85. The van der Waals surface area contributed by atoms with Crippen LogP contribution in [0.1, 0.15) is 18.4 Å². The minimum absolute atomic E-state index is 0.0490. The van der Waals surface area contributed by atoms with Gasteiger partial charge in [0, 0.05) is 12.1 Å². The van der Waals surface area contributed by atoms with E-state index >= 15 is 0 Å². The molecule has 0 bridgehead atoms. The van der Waals surface area contributed by atoms with Gasteiger partial charge in [-0.05, 0) is 25.5 Å². The first kappa shape index (κ1) is 10.5. The highest BCUT2D eigenvalue weighted by molar-refractivity contribution is 5.26. The number of alkyl halides is 1. The van der Waals surface area contributed by atoms with Crippen molar-refractivity contribution in [3.8, 4) is 0 Å². The molecule has 0 aliphatic carbocycles. The molecule has 15 heavy (non-hydrogen) atoms. The number of nitrogens with one attached hydrogen (secondary N) is 1. The Kier molecular flexibility index (Phi) is 2.69. The zero-order chi connectivity index (χ0) is 10.9. The molecule has 1 aliphatic heterocycles. The molecule has 2 rings (SSSR count). The molecule has 1 N–H and O–H groups in total. The summed E-state index contributed by atoms with van der Waals surface area (Å²) >= 11 is 0. The van der Waals surface area contributed by atoms with E-state index < -0.39 is 17.3 Å². The summed E-state index contributed by atoms with van der Waals surface area (Å²) in [4.78, 5) is 0. The van der Waals surface area contributed by atoms with Gasteiger partial charge in [-0.25, -0.2) is 13.2 Å². The van der Waals surface area contributed by atoms with E-state index in [4.69, 9.17) is 0 Å². The lowest BCUT2D eigenvalue weighted by molar-refractivity contribution is 0.116. The van der Waals surface area contributed by atoms with E-state index in [1.165, 1.54) is 12.1 Å². The molecule has 1 aliphatic rings. The Morgan fingerprint density at radius 2 is 2.07 bits per heavy atom. The number of benzene rings is 1. The molecular formula is C11H12F3N. The number of hydrogen-bond acceptors (Lipinski definition) is 1. The number of rotatable bonds is 1. The fraction of sp³-hybridized carbons (Fsp3) is 0.455. The molecule has 82 valence electrons. The summed E-state index contributed by atoms with van der Waals surface area (Å²) in [5.41, 5.74) is -1.94. The van der Waals surface area contributed by atoms with Crippen LogP contribution in [0.4, 0.5) is 13.2 Å². The zero-order valence-corrected chi connectivity index (χ0v) is 8.19. The van der Waals surface area contributed by atoms with Crippen molar-refractivity contribution in [3.63, 3.8) is 0 Å². The summed E-state index contributed by atoms with van der Waals surface area (Å²) in [6, 6.07) is 3.65. The topological polar surface area (TPSA) is 12.0 Å². The lowest BCUT2D eigenvalue weighted by Crippen LogP contribution is -2.40. The highest BCUT2D eigenvalue weighted by atomic mass is 19.2. The maximum Gasteiger partial charge on any atom is 0.165 e. The molecular weight excluding hydrogens is 203 g/mol. The normalized spacial score (nSPS) is 26.6. The van der Waals surface area contributed by atoms with Crippen molar-refractivity contribution in [1.29, 1.82) is 0 Å². The first-order valence-electron chi connectivity index (χ1n) is 4.98. The summed E-state index contributed by atoms with van der Waals surface area (Å²) < 4.78 is 40.6. The largest absolute Gasteiger partial charge is 0.313 e. The van der Waals surface area contributed by atoms with Gasteiger partial charge >= 0.3 is 0 Å². The van der Waals surface area contributed by atoms with E-state index in [-0.39, 0.29) is 18.5 Å².